The molecule has 0 aliphatic carbocycles. The lowest BCUT2D eigenvalue weighted by atomic mass is 9.98. The molecule has 142 valence electrons. The molecule has 0 fully saturated rings. The van der Waals surface area contributed by atoms with Gasteiger partial charge in [-0.25, -0.2) is 4.79 Å². The van der Waals surface area contributed by atoms with E-state index in [1.54, 1.807) is 11.0 Å². The molecule has 1 amide bonds. The van der Waals surface area contributed by atoms with E-state index < -0.39 is 14.4 Å². The van der Waals surface area contributed by atoms with Crippen LogP contribution in [0.2, 0.25) is 18.1 Å². The van der Waals surface area contributed by atoms with Crippen LogP contribution in [0, 0.1) is 0 Å². The maximum absolute atomic E-state index is 12.3. The van der Waals surface area contributed by atoms with Crippen molar-refractivity contribution in [3.63, 3.8) is 0 Å². The van der Waals surface area contributed by atoms with E-state index in [9.17, 15) is 9.59 Å². The number of ether oxygens (including phenoxy) is 1. The SMILES string of the molecule is C=CCOC(=O)N1CC=C(C(=O)CCl)C[C@@H]1CO[Si](C)(C)C(C)(C)C. The van der Waals surface area contributed by atoms with Crippen LogP contribution in [0.5, 0.6) is 0 Å². The number of carbonyl (C=O) groups excluding carboxylic acids is 2. The summed E-state index contributed by atoms with van der Waals surface area (Å²) in [4.78, 5) is 25.9. The number of hydrogen-bond donors (Lipinski definition) is 0. The van der Waals surface area contributed by atoms with Crippen LogP contribution in [0.1, 0.15) is 27.2 Å². The molecule has 1 heterocycles. The third-order valence-corrected chi connectivity index (χ3v) is 9.66. The monoisotopic (exact) mass is 387 g/mol. The first-order valence-corrected chi connectivity index (χ1v) is 11.9. The maximum atomic E-state index is 12.3. The molecule has 0 aromatic rings. The zero-order chi connectivity index (χ0) is 19.3. The van der Waals surface area contributed by atoms with Crippen LogP contribution in [0.15, 0.2) is 24.3 Å². The minimum atomic E-state index is -1.96. The van der Waals surface area contributed by atoms with E-state index in [-0.39, 0.29) is 29.4 Å². The van der Waals surface area contributed by atoms with Crippen LogP contribution >= 0.6 is 11.6 Å². The molecule has 0 radical (unpaired) electrons. The molecule has 0 bridgehead atoms. The standard InChI is InChI=1S/C18H30ClNO4Si/c1-7-10-23-17(22)20-9-8-14(16(21)12-19)11-15(20)13-24-25(5,6)18(2,3)4/h7-8,15H,1,9-13H2,2-6H3/t15-/m1/s1. The number of hydrogen-bond acceptors (Lipinski definition) is 4. The van der Waals surface area contributed by atoms with Gasteiger partial charge in [0.1, 0.15) is 6.61 Å². The summed E-state index contributed by atoms with van der Waals surface area (Å²) in [6, 6.07) is -0.237. The van der Waals surface area contributed by atoms with Gasteiger partial charge in [-0.3, -0.25) is 9.69 Å². The summed E-state index contributed by atoms with van der Waals surface area (Å²) in [5, 5.41) is 0.0699. The topological polar surface area (TPSA) is 55.8 Å². The number of carbonyl (C=O) groups is 2. The molecular weight excluding hydrogens is 358 g/mol. The van der Waals surface area contributed by atoms with Crippen molar-refractivity contribution in [2.24, 2.45) is 0 Å². The van der Waals surface area contributed by atoms with E-state index >= 15 is 0 Å². The minimum Gasteiger partial charge on any atom is -0.445 e. The summed E-state index contributed by atoms with van der Waals surface area (Å²) < 4.78 is 11.4. The van der Waals surface area contributed by atoms with E-state index in [4.69, 9.17) is 20.8 Å². The van der Waals surface area contributed by atoms with E-state index in [1.165, 1.54) is 6.08 Å². The molecule has 1 aliphatic rings. The highest BCUT2D eigenvalue weighted by Crippen LogP contribution is 2.37. The number of halogens is 1. The smallest absolute Gasteiger partial charge is 0.410 e. The molecule has 0 unspecified atom stereocenters. The molecule has 1 atom stereocenters. The second-order valence-electron chi connectivity index (χ2n) is 7.73. The molecule has 0 aromatic heterocycles. The molecular formula is C18H30ClNO4Si. The van der Waals surface area contributed by atoms with Gasteiger partial charge in [-0.05, 0) is 30.1 Å². The van der Waals surface area contributed by atoms with E-state index in [1.807, 2.05) is 0 Å². The van der Waals surface area contributed by atoms with Gasteiger partial charge in [-0.15, -0.1) is 11.6 Å². The second kappa shape index (κ2) is 9.01. The van der Waals surface area contributed by atoms with E-state index in [0.717, 1.165) is 0 Å². The van der Waals surface area contributed by atoms with Crippen LogP contribution in [0.4, 0.5) is 4.79 Å². The predicted octanol–water partition coefficient (Wildman–Crippen LogP) is 4.14. The molecule has 0 N–H and O–H groups in total. The van der Waals surface area contributed by atoms with Gasteiger partial charge in [0.25, 0.3) is 0 Å². The molecule has 1 aliphatic heterocycles. The van der Waals surface area contributed by atoms with Crippen molar-refractivity contribution in [1.29, 1.82) is 0 Å². The Bertz CT molecular complexity index is 540. The van der Waals surface area contributed by atoms with Crippen molar-refractivity contribution in [2.45, 2.75) is 51.4 Å². The average molecular weight is 388 g/mol. The van der Waals surface area contributed by atoms with Crippen molar-refractivity contribution < 1.29 is 18.8 Å². The number of alkyl halides is 1. The van der Waals surface area contributed by atoms with Crippen LogP contribution in [-0.2, 0) is 14.0 Å². The van der Waals surface area contributed by atoms with E-state index in [0.29, 0.717) is 25.1 Å². The van der Waals surface area contributed by atoms with Crippen molar-refractivity contribution in [2.75, 3.05) is 25.6 Å². The predicted molar refractivity (Wildman–Crippen MR) is 104 cm³/mol. The Kier molecular flexibility index (Phi) is 7.90. The lowest BCUT2D eigenvalue weighted by Crippen LogP contribution is -2.50. The second-order valence-corrected chi connectivity index (χ2v) is 12.8. The van der Waals surface area contributed by atoms with Gasteiger partial charge in [-0.2, -0.15) is 0 Å². The Balaban J connectivity index is 2.91. The van der Waals surface area contributed by atoms with Crippen molar-refractivity contribution >= 4 is 31.8 Å². The molecule has 5 nitrogen and oxygen atoms in total. The van der Waals surface area contributed by atoms with Gasteiger partial charge in [0.2, 0.25) is 0 Å². The van der Waals surface area contributed by atoms with Gasteiger partial charge in [0.05, 0.1) is 18.5 Å². The molecule has 25 heavy (non-hydrogen) atoms. The normalized spacial score (nSPS) is 18.6. The Labute approximate surface area is 157 Å². The third-order valence-electron chi connectivity index (χ3n) is 4.91. The summed E-state index contributed by atoms with van der Waals surface area (Å²) in [7, 11) is -1.96. The Morgan fingerprint density at radius 3 is 2.60 bits per heavy atom. The van der Waals surface area contributed by atoms with Crippen LogP contribution in [0.3, 0.4) is 0 Å². The number of ketones is 1. The van der Waals surface area contributed by atoms with Gasteiger partial charge in [0.15, 0.2) is 14.1 Å². The molecule has 0 saturated heterocycles. The quantitative estimate of drug-likeness (QED) is 0.374. The summed E-state index contributed by atoms with van der Waals surface area (Å²) >= 11 is 5.68. The summed E-state index contributed by atoms with van der Waals surface area (Å²) in [5.41, 5.74) is 0.659. The fourth-order valence-corrected chi connectivity index (χ4v) is 3.44. The Hall–Kier alpha value is -1.11. The molecule has 7 heteroatoms. The molecule has 1 rings (SSSR count). The van der Waals surface area contributed by atoms with Crippen LogP contribution in [0.25, 0.3) is 0 Å². The Morgan fingerprint density at radius 1 is 1.44 bits per heavy atom. The van der Waals surface area contributed by atoms with Crippen LogP contribution < -0.4 is 0 Å². The highest BCUT2D eigenvalue weighted by Gasteiger charge is 2.39. The highest BCUT2D eigenvalue weighted by atomic mass is 35.5. The summed E-state index contributed by atoms with van der Waals surface area (Å²) in [6.45, 7) is 15.2. The highest BCUT2D eigenvalue weighted by molar-refractivity contribution is 6.74. The number of amides is 1. The fourth-order valence-electron chi connectivity index (χ4n) is 2.23. The van der Waals surface area contributed by atoms with Crippen molar-refractivity contribution in [3.8, 4) is 0 Å². The summed E-state index contributed by atoms with van der Waals surface area (Å²) in [5.74, 6) is -0.152. The van der Waals surface area contributed by atoms with Gasteiger partial charge >= 0.3 is 6.09 Å². The van der Waals surface area contributed by atoms with Crippen molar-refractivity contribution in [3.05, 3.63) is 24.3 Å². The first-order valence-electron chi connectivity index (χ1n) is 8.50. The zero-order valence-corrected chi connectivity index (χ0v) is 17.7. The average Bonchev–Trinajstić information content (AvgIpc) is 2.55. The van der Waals surface area contributed by atoms with Gasteiger partial charge < -0.3 is 9.16 Å². The number of rotatable bonds is 7. The minimum absolute atomic E-state index is 0.0530. The maximum Gasteiger partial charge on any atom is 0.410 e. The van der Waals surface area contributed by atoms with Crippen molar-refractivity contribution in [1.82, 2.24) is 4.90 Å². The fraction of sp³-hybridized carbons (Fsp3) is 0.667. The summed E-state index contributed by atoms with van der Waals surface area (Å²) in [6.07, 6.45) is 3.30. The number of nitrogens with zero attached hydrogens (tertiary/aromatic N) is 1. The van der Waals surface area contributed by atoms with E-state index in [2.05, 4.69) is 40.4 Å². The zero-order valence-electron chi connectivity index (χ0n) is 15.9. The molecule has 0 spiro atoms. The lowest BCUT2D eigenvalue weighted by molar-refractivity contribution is -0.113. The first-order chi connectivity index (χ1) is 11.5. The molecule has 0 saturated carbocycles. The lowest BCUT2D eigenvalue weighted by Gasteiger charge is -2.40. The number of Topliss-reactive ketones (excluding diaryl/α,β-unsaturated/α-hetero) is 1. The molecule has 0 aromatic carbocycles. The third kappa shape index (κ3) is 5.97. The first kappa shape index (κ1) is 21.9. The van der Waals surface area contributed by atoms with Gasteiger partial charge in [0, 0.05) is 6.54 Å². The van der Waals surface area contributed by atoms with Gasteiger partial charge in [-0.1, -0.05) is 39.5 Å². The Morgan fingerprint density at radius 2 is 2.08 bits per heavy atom. The largest absolute Gasteiger partial charge is 0.445 e. The van der Waals surface area contributed by atoms with Crippen LogP contribution in [-0.4, -0.2) is 56.8 Å².